The zero-order valence-corrected chi connectivity index (χ0v) is 8.34. The van der Waals surface area contributed by atoms with Gasteiger partial charge in [0.1, 0.15) is 6.33 Å². The van der Waals surface area contributed by atoms with Gasteiger partial charge in [-0.05, 0) is 7.05 Å². The first-order valence-corrected chi connectivity index (χ1v) is 4.62. The molecule has 0 aliphatic rings. The lowest BCUT2D eigenvalue weighted by molar-refractivity contribution is 0.421. The second kappa shape index (κ2) is 4.61. The fourth-order valence-corrected chi connectivity index (χ4v) is 1.12. The van der Waals surface area contributed by atoms with Gasteiger partial charge in [-0.1, -0.05) is 5.16 Å². The summed E-state index contributed by atoms with van der Waals surface area (Å²) in [4.78, 5) is 12.0. The Morgan fingerprint density at radius 3 is 2.87 bits per heavy atom. The molecule has 0 amide bonds. The smallest absolute Gasteiger partial charge is 0.261 e. The topological polar surface area (TPSA) is 76.7 Å². The van der Waals surface area contributed by atoms with E-state index in [1.54, 1.807) is 12.4 Å². The largest absolute Gasteiger partial charge is 0.334 e. The third kappa shape index (κ3) is 2.35. The van der Waals surface area contributed by atoms with Crippen LogP contribution in [0.5, 0.6) is 0 Å². The summed E-state index contributed by atoms with van der Waals surface area (Å²) in [5.41, 5.74) is 0.737. The van der Waals surface area contributed by atoms with Crippen LogP contribution in [0, 0.1) is 0 Å². The van der Waals surface area contributed by atoms with E-state index in [9.17, 15) is 0 Å². The van der Waals surface area contributed by atoms with E-state index in [1.807, 2.05) is 7.05 Å². The maximum atomic E-state index is 5.08. The number of aromatic nitrogens is 4. The average Bonchev–Trinajstić information content (AvgIpc) is 2.76. The molecule has 1 N–H and O–H groups in total. The fourth-order valence-electron chi connectivity index (χ4n) is 1.12. The molecule has 2 aromatic rings. The molecule has 0 saturated carbocycles. The zero-order valence-electron chi connectivity index (χ0n) is 8.34. The van der Waals surface area contributed by atoms with Crippen molar-refractivity contribution in [3.8, 4) is 11.5 Å². The van der Waals surface area contributed by atoms with Gasteiger partial charge >= 0.3 is 0 Å². The molecule has 0 saturated heterocycles. The van der Waals surface area contributed by atoms with Crippen molar-refractivity contribution >= 4 is 0 Å². The first kappa shape index (κ1) is 9.72. The van der Waals surface area contributed by atoms with E-state index in [0.29, 0.717) is 11.7 Å². The van der Waals surface area contributed by atoms with Crippen molar-refractivity contribution in [2.75, 3.05) is 13.6 Å². The molecule has 78 valence electrons. The number of rotatable bonds is 4. The lowest BCUT2D eigenvalue weighted by Gasteiger charge is -1.91. The molecule has 0 aliphatic heterocycles. The molecule has 6 nitrogen and oxygen atoms in total. The summed E-state index contributed by atoms with van der Waals surface area (Å²) < 4.78 is 5.08. The monoisotopic (exact) mass is 205 g/mol. The van der Waals surface area contributed by atoms with Crippen LogP contribution in [-0.4, -0.2) is 33.7 Å². The van der Waals surface area contributed by atoms with Crippen molar-refractivity contribution < 1.29 is 4.52 Å². The highest BCUT2D eigenvalue weighted by Gasteiger charge is 2.08. The van der Waals surface area contributed by atoms with Gasteiger partial charge in [-0.25, -0.2) is 9.97 Å². The minimum absolute atomic E-state index is 0.460. The molecule has 0 spiro atoms. The van der Waals surface area contributed by atoms with E-state index in [2.05, 4.69) is 25.4 Å². The van der Waals surface area contributed by atoms with Gasteiger partial charge in [0.05, 0.1) is 5.56 Å². The van der Waals surface area contributed by atoms with Gasteiger partial charge < -0.3 is 9.84 Å². The van der Waals surface area contributed by atoms with Gasteiger partial charge in [-0.2, -0.15) is 4.98 Å². The third-order valence-electron chi connectivity index (χ3n) is 1.87. The number of nitrogens with one attached hydrogen (secondary N) is 1. The highest BCUT2D eigenvalue weighted by molar-refractivity contribution is 5.48. The predicted octanol–water partition coefficient (Wildman–Crippen LogP) is 0.288. The molecule has 6 heteroatoms. The van der Waals surface area contributed by atoms with Crippen LogP contribution in [0.1, 0.15) is 5.82 Å². The quantitative estimate of drug-likeness (QED) is 0.773. The Bertz CT molecular complexity index is 413. The molecular weight excluding hydrogens is 194 g/mol. The summed E-state index contributed by atoms with van der Waals surface area (Å²) in [6.07, 6.45) is 5.49. The summed E-state index contributed by atoms with van der Waals surface area (Å²) in [5, 5.41) is 6.87. The van der Waals surface area contributed by atoms with Crippen LogP contribution in [0.2, 0.25) is 0 Å². The van der Waals surface area contributed by atoms with E-state index in [-0.39, 0.29) is 0 Å². The fraction of sp³-hybridized carbons (Fsp3) is 0.333. The molecule has 0 bridgehead atoms. The Balaban J connectivity index is 2.14. The van der Waals surface area contributed by atoms with E-state index in [0.717, 1.165) is 18.5 Å². The van der Waals surface area contributed by atoms with E-state index in [1.165, 1.54) is 6.33 Å². The Labute approximate surface area is 86.8 Å². The van der Waals surface area contributed by atoms with E-state index < -0.39 is 0 Å². The zero-order chi connectivity index (χ0) is 10.5. The van der Waals surface area contributed by atoms with Crippen LogP contribution in [-0.2, 0) is 6.42 Å². The second-order valence-electron chi connectivity index (χ2n) is 3.00. The number of hydrogen-bond donors (Lipinski definition) is 1. The summed E-state index contributed by atoms with van der Waals surface area (Å²) in [6.45, 7) is 0.824. The molecule has 2 aromatic heterocycles. The first-order chi connectivity index (χ1) is 7.40. The Kier molecular flexibility index (Phi) is 2.99. The van der Waals surface area contributed by atoms with Gasteiger partial charge in [0.25, 0.3) is 5.89 Å². The molecule has 0 aliphatic carbocycles. The molecule has 0 radical (unpaired) electrons. The van der Waals surface area contributed by atoms with Crippen molar-refractivity contribution in [3.05, 3.63) is 24.5 Å². The minimum Gasteiger partial charge on any atom is -0.334 e. The van der Waals surface area contributed by atoms with Crippen molar-refractivity contribution in [2.45, 2.75) is 6.42 Å². The lowest BCUT2D eigenvalue weighted by Crippen LogP contribution is -2.10. The Hall–Kier alpha value is -1.82. The SMILES string of the molecule is CNCCc1noc(-c2cncnc2)n1. The van der Waals surface area contributed by atoms with Crippen LogP contribution in [0.4, 0.5) is 0 Å². The molecule has 2 heterocycles. The highest BCUT2D eigenvalue weighted by atomic mass is 16.5. The van der Waals surface area contributed by atoms with Gasteiger partial charge in [-0.15, -0.1) is 0 Å². The van der Waals surface area contributed by atoms with E-state index >= 15 is 0 Å². The van der Waals surface area contributed by atoms with Crippen LogP contribution < -0.4 is 5.32 Å². The average molecular weight is 205 g/mol. The van der Waals surface area contributed by atoms with Crippen LogP contribution in [0.25, 0.3) is 11.5 Å². The normalized spacial score (nSPS) is 10.5. The summed E-state index contributed by atoms with van der Waals surface area (Å²) >= 11 is 0. The standard InChI is InChI=1S/C9H11N5O/c1-10-3-2-8-13-9(15-14-8)7-4-11-6-12-5-7/h4-6,10H,2-3H2,1H3. The molecule has 2 rings (SSSR count). The Morgan fingerprint density at radius 1 is 1.33 bits per heavy atom. The lowest BCUT2D eigenvalue weighted by atomic mass is 10.3. The van der Waals surface area contributed by atoms with Crippen LogP contribution in [0.3, 0.4) is 0 Å². The third-order valence-corrected chi connectivity index (χ3v) is 1.87. The van der Waals surface area contributed by atoms with Gasteiger partial charge in [0, 0.05) is 25.4 Å². The summed E-state index contributed by atoms with van der Waals surface area (Å²) in [6, 6.07) is 0. The number of likely N-dealkylation sites (N-methyl/N-ethyl adjacent to an activating group) is 1. The molecule has 15 heavy (non-hydrogen) atoms. The second-order valence-corrected chi connectivity index (χ2v) is 3.00. The first-order valence-electron chi connectivity index (χ1n) is 4.62. The maximum Gasteiger partial charge on any atom is 0.261 e. The van der Waals surface area contributed by atoms with Crippen LogP contribution in [0.15, 0.2) is 23.2 Å². The molecule has 0 atom stereocenters. The van der Waals surface area contributed by atoms with Crippen LogP contribution >= 0.6 is 0 Å². The van der Waals surface area contributed by atoms with Gasteiger partial charge in [-0.3, -0.25) is 0 Å². The predicted molar refractivity (Wildman–Crippen MR) is 53.0 cm³/mol. The molecular formula is C9H11N5O. The van der Waals surface area contributed by atoms with Gasteiger partial charge in [0.2, 0.25) is 0 Å². The van der Waals surface area contributed by atoms with Crippen molar-refractivity contribution in [2.24, 2.45) is 0 Å². The molecule has 0 fully saturated rings. The van der Waals surface area contributed by atoms with Crippen molar-refractivity contribution in [1.82, 2.24) is 25.4 Å². The highest BCUT2D eigenvalue weighted by Crippen LogP contribution is 2.13. The molecule has 0 aromatic carbocycles. The van der Waals surface area contributed by atoms with Crippen molar-refractivity contribution in [1.29, 1.82) is 0 Å². The summed E-state index contributed by atoms with van der Waals surface area (Å²) in [5.74, 6) is 1.14. The van der Waals surface area contributed by atoms with Crippen molar-refractivity contribution in [3.63, 3.8) is 0 Å². The summed E-state index contributed by atoms with van der Waals surface area (Å²) in [7, 11) is 1.88. The maximum absolute atomic E-state index is 5.08. The minimum atomic E-state index is 0.460. The number of nitrogens with zero attached hydrogens (tertiary/aromatic N) is 4. The van der Waals surface area contributed by atoms with E-state index in [4.69, 9.17) is 4.52 Å². The Morgan fingerprint density at radius 2 is 2.13 bits per heavy atom. The van der Waals surface area contributed by atoms with Gasteiger partial charge in [0.15, 0.2) is 5.82 Å². The number of hydrogen-bond acceptors (Lipinski definition) is 6. The molecule has 0 unspecified atom stereocenters.